The van der Waals surface area contributed by atoms with Crippen molar-refractivity contribution in [3.8, 4) is 0 Å². The molecule has 0 aliphatic carbocycles. The third-order valence-electron chi connectivity index (χ3n) is 3.65. The Bertz CT molecular complexity index is 532. The molecule has 1 aliphatic heterocycles. The van der Waals surface area contributed by atoms with Crippen molar-refractivity contribution >= 4 is 41.5 Å². The van der Waals surface area contributed by atoms with E-state index < -0.39 is 0 Å². The van der Waals surface area contributed by atoms with Gasteiger partial charge in [0.05, 0.1) is 13.1 Å². The smallest absolute Gasteiger partial charge is 0.239 e. The molecule has 0 aromatic heterocycles. The maximum Gasteiger partial charge on any atom is 0.239 e. The third-order valence-corrected chi connectivity index (χ3v) is 3.65. The van der Waals surface area contributed by atoms with E-state index in [4.69, 9.17) is 0 Å². The molecule has 1 heterocycles. The van der Waals surface area contributed by atoms with Gasteiger partial charge >= 0.3 is 0 Å². The largest absolute Gasteiger partial charge is 0.360 e. The number of nitrogens with zero attached hydrogens (tertiary/aromatic N) is 2. The van der Waals surface area contributed by atoms with E-state index in [9.17, 15) is 4.79 Å². The van der Waals surface area contributed by atoms with Gasteiger partial charge in [-0.2, -0.15) is 0 Å². The van der Waals surface area contributed by atoms with Gasteiger partial charge in [0, 0.05) is 31.9 Å². The van der Waals surface area contributed by atoms with E-state index >= 15 is 0 Å². The lowest BCUT2D eigenvalue weighted by Gasteiger charge is -2.28. The Morgan fingerprint density at radius 3 is 2.62 bits per heavy atom. The molecule has 1 amide bonds. The average molecular weight is 445 g/mol. The van der Waals surface area contributed by atoms with Crippen LogP contribution < -0.4 is 20.9 Å². The van der Waals surface area contributed by atoms with Crippen molar-refractivity contribution in [1.29, 1.82) is 0 Å². The Hall–Kier alpha value is -1.51. The molecule has 7 heteroatoms. The molecule has 24 heavy (non-hydrogen) atoms. The van der Waals surface area contributed by atoms with Crippen LogP contribution in [0.3, 0.4) is 0 Å². The highest BCUT2D eigenvalue weighted by molar-refractivity contribution is 14.0. The molecule has 6 nitrogen and oxygen atoms in total. The van der Waals surface area contributed by atoms with Crippen LogP contribution in [0.2, 0.25) is 0 Å². The van der Waals surface area contributed by atoms with Crippen LogP contribution in [-0.2, 0) is 11.3 Å². The van der Waals surface area contributed by atoms with Crippen molar-refractivity contribution in [2.24, 2.45) is 4.99 Å². The fourth-order valence-electron chi connectivity index (χ4n) is 2.43. The number of guanidine groups is 1. The number of aliphatic imine (C=N–C) groups is 1. The van der Waals surface area contributed by atoms with Gasteiger partial charge in [-0.3, -0.25) is 4.79 Å². The van der Waals surface area contributed by atoms with Crippen molar-refractivity contribution < 1.29 is 4.79 Å². The van der Waals surface area contributed by atoms with Gasteiger partial charge in [-0.05, 0) is 31.0 Å². The Labute approximate surface area is 161 Å². The zero-order valence-electron chi connectivity index (χ0n) is 14.5. The Kier molecular flexibility index (Phi) is 9.51. The second-order valence-corrected chi connectivity index (χ2v) is 5.56. The van der Waals surface area contributed by atoms with Gasteiger partial charge < -0.3 is 20.9 Å². The average Bonchev–Trinajstić information content (AvgIpc) is 2.58. The van der Waals surface area contributed by atoms with Crippen molar-refractivity contribution in [3.05, 3.63) is 29.8 Å². The summed E-state index contributed by atoms with van der Waals surface area (Å²) in [5, 5.41) is 9.38. The van der Waals surface area contributed by atoms with Gasteiger partial charge in [0.25, 0.3) is 0 Å². The third kappa shape index (κ3) is 6.54. The highest BCUT2D eigenvalue weighted by atomic mass is 127. The minimum atomic E-state index is 0. The highest BCUT2D eigenvalue weighted by Crippen LogP contribution is 2.16. The summed E-state index contributed by atoms with van der Waals surface area (Å²) < 4.78 is 0. The molecule has 134 valence electrons. The standard InChI is InChI=1S/C17H27N5O.HI/c1-3-9-20-17(18-4-2)21-12-14-5-7-15(8-6-14)22-11-10-19-16(23)13-22;/h5-8H,3-4,9-13H2,1-2H3,(H,19,23)(H2,18,20,21);1H. The number of hydrogen-bond acceptors (Lipinski definition) is 3. The van der Waals surface area contributed by atoms with Gasteiger partial charge in [-0.25, -0.2) is 4.99 Å². The molecule has 0 spiro atoms. The second kappa shape index (κ2) is 11.1. The molecular formula is C17H28IN5O. The Balaban J connectivity index is 0.00000288. The molecule has 1 aromatic rings. The summed E-state index contributed by atoms with van der Waals surface area (Å²) in [6.07, 6.45) is 1.07. The molecule has 0 unspecified atom stereocenters. The first-order chi connectivity index (χ1) is 11.2. The first-order valence-corrected chi connectivity index (χ1v) is 8.35. The van der Waals surface area contributed by atoms with E-state index in [2.05, 4.69) is 64.0 Å². The molecule has 0 radical (unpaired) electrons. The summed E-state index contributed by atoms with van der Waals surface area (Å²) in [6, 6.07) is 8.29. The summed E-state index contributed by atoms with van der Waals surface area (Å²) >= 11 is 0. The van der Waals surface area contributed by atoms with Crippen molar-refractivity contribution in [3.63, 3.8) is 0 Å². The van der Waals surface area contributed by atoms with E-state index in [0.717, 1.165) is 43.3 Å². The minimum Gasteiger partial charge on any atom is -0.360 e. The zero-order valence-corrected chi connectivity index (χ0v) is 16.8. The van der Waals surface area contributed by atoms with Gasteiger partial charge in [-0.15, -0.1) is 24.0 Å². The molecule has 1 aliphatic rings. The van der Waals surface area contributed by atoms with Gasteiger partial charge in [-0.1, -0.05) is 19.1 Å². The normalized spacial score (nSPS) is 14.7. The number of piperazine rings is 1. The predicted octanol–water partition coefficient (Wildman–Crippen LogP) is 1.71. The summed E-state index contributed by atoms with van der Waals surface area (Å²) in [6.45, 7) is 8.60. The maximum atomic E-state index is 11.5. The Morgan fingerprint density at radius 1 is 1.25 bits per heavy atom. The predicted molar refractivity (Wildman–Crippen MR) is 110 cm³/mol. The van der Waals surface area contributed by atoms with E-state index in [-0.39, 0.29) is 29.9 Å². The van der Waals surface area contributed by atoms with E-state index in [0.29, 0.717) is 19.6 Å². The second-order valence-electron chi connectivity index (χ2n) is 5.56. The lowest BCUT2D eigenvalue weighted by molar-refractivity contribution is -0.120. The van der Waals surface area contributed by atoms with Crippen LogP contribution in [0.4, 0.5) is 5.69 Å². The van der Waals surface area contributed by atoms with Gasteiger partial charge in [0.15, 0.2) is 5.96 Å². The van der Waals surface area contributed by atoms with Crippen LogP contribution in [0.1, 0.15) is 25.8 Å². The quantitative estimate of drug-likeness (QED) is 0.354. The molecule has 1 saturated heterocycles. The van der Waals surface area contributed by atoms with Gasteiger partial charge in [0.2, 0.25) is 5.91 Å². The van der Waals surface area contributed by atoms with Crippen LogP contribution in [0.15, 0.2) is 29.3 Å². The number of rotatable bonds is 6. The number of halogens is 1. The zero-order chi connectivity index (χ0) is 16.5. The Morgan fingerprint density at radius 2 is 2.00 bits per heavy atom. The number of carbonyl (C=O) groups is 1. The van der Waals surface area contributed by atoms with E-state index in [1.54, 1.807) is 0 Å². The van der Waals surface area contributed by atoms with E-state index in [1.807, 2.05) is 0 Å². The van der Waals surface area contributed by atoms with Crippen molar-refractivity contribution in [2.75, 3.05) is 37.6 Å². The lowest BCUT2D eigenvalue weighted by Crippen LogP contribution is -2.47. The fraction of sp³-hybridized carbons (Fsp3) is 0.529. The monoisotopic (exact) mass is 445 g/mol. The first kappa shape index (κ1) is 20.5. The van der Waals surface area contributed by atoms with Crippen LogP contribution in [0, 0.1) is 0 Å². The minimum absolute atomic E-state index is 0. The molecule has 2 rings (SSSR count). The topological polar surface area (TPSA) is 68.8 Å². The summed E-state index contributed by atoms with van der Waals surface area (Å²) in [4.78, 5) is 18.1. The molecule has 3 N–H and O–H groups in total. The lowest BCUT2D eigenvalue weighted by atomic mass is 10.2. The fourth-order valence-corrected chi connectivity index (χ4v) is 2.43. The van der Waals surface area contributed by atoms with Gasteiger partial charge in [0.1, 0.15) is 0 Å². The number of hydrogen-bond donors (Lipinski definition) is 3. The number of carbonyl (C=O) groups excluding carboxylic acids is 1. The molecule has 1 fully saturated rings. The first-order valence-electron chi connectivity index (χ1n) is 8.35. The number of anilines is 1. The van der Waals surface area contributed by atoms with Crippen LogP contribution in [0.5, 0.6) is 0 Å². The number of benzene rings is 1. The number of nitrogens with one attached hydrogen (secondary N) is 3. The van der Waals surface area contributed by atoms with Crippen LogP contribution >= 0.6 is 24.0 Å². The highest BCUT2D eigenvalue weighted by Gasteiger charge is 2.15. The van der Waals surface area contributed by atoms with Crippen molar-refractivity contribution in [2.45, 2.75) is 26.8 Å². The molecule has 0 atom stereocenters. The molecule has 1 aromatic carbocycles. The molecule has 0 saturated carbocycles. The SMILES string of the molecule is CCCNC(=NCc1ccc(N2CCNC(=O)C2)cc1)NCC.I. The summed E-state index contributed by atoms with van der Waals surface area (Å²) in [5.74, 6) is 0.938. The van der Waals surface area contributed by atoms with Crippen LogP contribution in [-0.4, -0.2) is 44.6 Å². The maximum absolute atomic E-state index is 11.5. The summed E-state index contributed by atoms with van der Waals surface area (Å²) in [7, 11) is 0. The molecular weight excluding hydrogens is 417 g/mol. The van der Waals surface area contributed by atoms with Crippen LogP contribution in [0.25, 0.3) is 0 Å². The number of amides is 1. The molecule has 0 bridgehead atoms. The van der Waals surface area contributed by atoms with E-state index in [1.165, 1.54) is 0 Å². The summed E-state index contributed by atoms with van der Waals surface area (Å²) in [5.41, 5.74) is 2.24. The van der Waals surface area contributed by atoms with Crippen molar-refractivity contribution in [1.82, 2.24) is 16.0 Å².